The van der Waals surface area contributed by atoms with Gasteiger partial charge in [-0.3, -0.25) is 5.41 Å². The zero-order chi connectivity index (χ0) is 11.3. The molecule has 0 aromatic heterocycles. The lowest BCUT2D eigenvalue weighted by atomic mass is 9.89. The lowest BCUT2D eigenvalue weighted by Crippen LogP contribution is -2.31. The van der Waals surface area contributed by atoms with Gasteiger partial charge in [-0.15, -0.1) is 0 Å². The third-order valence-corrected chi connectivity index (χ3v) is 4.63. The molecule has 0 saturated heterocycles. The lowest BCUT2D eigenvalue weighted by molar-refractivity contribution is 0.499. The van der Waals surface area contributed by atoms with Gasteiger partial charge in [0.05, 0.1) is 5.84 Å². The molecule has 0 aliphatic heterocycles. The van der Waals surface area contributed by atoms with Gasteiger partial charge in [-0.2, -0.15) is 11.8 Å². The molecular weight excluding hydrogens is 204 g/mol. The number of rotatable bonds is 6. The van der Waals surface area contributed by atoms with E-state index in [4.69, 9.17) is 11.1 Å². The van der Waals surface area contributed by atoms with Crippen molar-refractivity contribution in [3.8, 4) is 0 Å². The Labute approximate surface area is 97.9 Å². The molecule has 0 spiro atoms. The monoisotopic (exact) mass is 228 g/mol. The van der Waals surface area contributed by atoms with Crippen molar-refractivity contribution in [2.24, 2.45) is 17.1 Å². The quantitative estimate of drug-likeness (QED) is 0.416. The first-order valence-electron chi connectivity index (χ1n) is 5.94. The van der Waals surface area contributed by atoms with Crippen LogP contribution < -0.4 is 5.73 Å². The highest BCUT2D eigenvalue weighted by Gasteiger charge is 2.21. The fraction of sp³-hybridized carbons (Fsp3) is 0.917. The molecule has 0 aromatic rings. The highest BCUT2D eigenvalue weighted by atomic mass is 32.2. The summed E-state index contributed by atoms with van der Waals surface area (Å²) < 4.78 is 0. The van der Waals surface area contributed by atoms with E-state index >= 15 is 0 Å². The third kappa shape index (κ3) is 4.45. The van der Waals surface area contributed by atoms with Crippen LogP contribution >= 0.6 is 11.8 Å². The van der Waals surface area contributed by atoms with Crippen LogP contribution in [0.15, 0.2) is 0 Å². The maximum Gasteiger partial charge on any atom is 0.0963 e. The number of nitrogens with two attached hydrogens (primary N) is 1. The topological polar surface area (TPSA) is 49.9 Å². The predicted molar refractivity (Wildman–Crippen MR) is 69.6 cm³/mol. The summed E-state index contributed by atoms with van der Waals surface area (Å²) in [6.07, 6.45) is 6.76. The Bertz CT molecular complexity index is 208. The summed E-state index contributed by atoms with van der Waals surface area (Å²) in [6.45, 7) is 4.12. The van der Waals surface area contributed by atoms with Gasteiger partial charge in [-0.1, -0.05) is 26.7 Å². The summed E-state index contributed by atoms with van der Waals surface area (Å²) >= 11 is 2.04. The van der Waals surface area contributed by atoms with Crippen LogP contribution in [-0.4, -0.2) is 17.3 Å². The van der Waals surface area contributed by atoms with Crippen molar-refractivity contribution in [2.45, 2.75) is 46.0 Å². The molecule has 15 heavy (non-hydrogen) atoms. The van der Waals surface area contributed by atoms with Crippen LogP contribution in [0.3, 0.4) is 0 Å². The van der Waals surface area contributed by atoms with Crippen LogP contribution in [0.4, 0.5) is 0 Å². The van der Waals surface area contributed by atoms with Crippen LogP contribution in [0.5, 0.6) is 0 Å². The molecule has 1 fully saturated rings. The molecule has 0 unspecified atom stereocenters. The summed E-state index contributed by atoms with van der Waals surface area (Å²) in [5.41, 5.74) is 5.44. The van der Waals surface area contributed by atoms with Gasteiger partial charge in [0, 0.05) is 5.41 Å². The van der Waals surface area contributed by atoms with Crippen LogP contribution in [0.2, 0.25) is 0 Å². The van der Waals surface area contributed by atoms with E-state index in [1.54, 1.807) is 0 Å². The maximum atomic E-state index is 7.47. The summed E-state index contributed by atoms with van der Waals surface area (Å²) in [5.74, 6) is 3.75. The summed E-state index contributed by atoms with van der Waals surface area (Å²) in [5, 5.41) is 7.47. The lowest BCUT2D eigenvalue weighted by Gasteiger charge is -2.22. The largest absolute Gasteiger partial charge is 0.387 e. The molecule has 0 aromatic carbocycles. The highest BCUT2D eigenvalue weighted by molar-refractivity contribution is 7.99. The van der Waals surface area contributed by atoms with E-state index in [1.165, 1.54) is 31.4 Å². The number of hydrogen-bond donors (Lipinski definition) is 2. The molecule has 0 atom stereocenters. The maximum absolute atomic E-state index is 7.47. The Morgan fingerprint density at radius 1 is 1.40 bits per heavy atom. The number of nitrogens with one attached hydrogen (secondary N) is 1. The average Bonchev–Trinajstić information content (AvgIpc) is 2.64. The van der Waals surface area contributed by atoms with Crippen molar-refractivity contribution < 1.29 is 0 Å². The van der Waals surface area contributed by atoms with Gasteiger partial charge in [-0.25, -0.2) is 0 Å². The molecule has 3 N–H and O–H groups in total. The van der Waals surface area contributed by atoms with Crippen LogP contribution in [-0.2, 0) is 0 Å². The van der Waals surface area contributed by atoms with Crippen LogP contribution in [0.25, 0.3) is 0 Å². The van der Waals surface area contributed by atoms with Crippen molar-refractivity contribution in [3.63, 3.8) is 0 Å². The molecule has 1 rings (SSSR count). The number of hydrogen-bond acceptors (Lipinski definition) is 2. The van der Waals surface area contributed by atoms with Crippen molar-refractivity contribution in [2.75, 3.05) is 11.5 Å². The van der Waals surface area contributed by atoms with Gasteiger partial charge in [0.2, 0.25) is 0 Å². The summed E-state index contributed by atoms with van der Waals surface area (Å²) in [7, 11) is 0. The minimum absolute atomic E-state index is 0.108. The molecule has 0 bridgehead atoms. The third-order valence-electron chi connectivity index (χ3n) is 3.43. The predicted octanol–water partition coefficient (Wildman–Crippen LogP) is 3.26. The Morgan fingerprint density at radius 2 is 2.00 bits per heavy atom. The van der Waals surface area contributed by atoms with E-state index in [0.717, 1.165) is 18.1 Å². The molecular formula is C12H24N2S. The molecule has 0 heterocycles. The van der Waals surface area contributed by atoms with Gasteiger partial charge in [0.15, 0.2) is 0 Å². The minimum Gasteiger partial charge on any atom is -0.387 e. The van der Waals surface area contributed by atoms with Gasteiger partial charge < -0.3 is 5.73 Å². The first-order valence-corrected chi connectivity index (χ1v) is 7.10. The first kappa shape index (κ1) is 12.9. The van der Waals surface area contributed by atoms with E-state index in [1.807, 2.05) is 11.8 Å². The normalized spacial score (nSPS) is 18.3. The first-order chi connectivity index (χ1) is 7.02. The van der Waals surface area contributed by atoms with Gasteiger partial charge >= 0.3 is 0 Å². The van der Waals surface area contributed by atoms with Crippen molar-refractivity contribution >= 4 is 17.6 Å². The Kier molecular flexibility index (Phi) is 4.97. The zero-order valence-electron chi connectivity index (χ0n) is 10.0. The molecule has 88 valence electrons. The molecule has 1 aliphatic rings. The second-order valence-corrected chi connectivity index (χ2v) is 6.42. The van der Waals surface area contributed by atoms with Crippen molar-refractivity contribution in [3.05, 3.63) is 0 Å². The average molecular weight is 228 g/mol. The second-order valence-electron chi connectivity index (χ2n) is 5.27. The van der Waals surface area contributed by atoms with Crippen LogP contribution in [0.1, 0.15) is 46.0 Å². The number of thioether (sulfide) groups is 1. The fourth-order valence-corrected chi connectivity index (χ4v) is 3.38. The standard InChI is InChI=1S/C12H24N2S/c1-12(2,11(13)14)7-8-15-9-10-5-3-4-6-10/h10H,3-9H2,1-2H3,(H3,13,14). The molecule has 0 radical (unpaired) electrons. The second kappa shape index (κ2) is 5.78. The smallest absolute Gasteiger partial charge is 0.0963 e. The van der Waals surface area contributed by atoms with Crippen molar-refractivity contribution in [1.82, 2.24) is 0 Å². The molecule has 1 saturated carbocycles. The Balaban J connectivity index is 2.08. The van der Waals surface area contributed by atoms with Crippen LogP contribution in [0, 0.1) is 16.7 Å². The van der Waals surface area contributed by atoms with E-state index < -0.39 is 0 Å². The zero-order valence-corrected chi connectivity index (χ0v) is 10.8. The van der Waals surface area contributed by atoms with Crippen molar-refractivity contribution in [1.29, 1.82) is 5.41 Å². The van der Waals surface area contributed by atoms with Gasteiger partial charge in [-0.05, 0) is 36.7 Å². The molecule has 2 nitrogen and oxygen atoms in total. The van der Waals surface area contributed by atoms with E-state index in [2.05, 4.69) is 13.8 Å². The number of amidine groups is 1. The highest BCUT2D eigenvalue weighted by Crippen LogP contribution is 2.29. The fourth-order valence-electron chi connectivity index (χ4n) is 1.89. The van der Waals surface area contributed by atoms with Gasteiger partial charge in [0.1, 0.15) is 0 Å². The summed E-state index contributed by atoms with van der Waals surface area (Å²) in [6, 6.07) is 0. The Morgan fingerprint density at radius 3 is 2.53 bits per heavy atom. The minimum atomic E-state index is -0.108. The van der Waals surface area contributed by atoms with E-state index in [-0.39, 0.29) is 5.41 Å². The SMILES string of the molecule is CC(C)(CCSCC1CCCC1)C(=N)N. The molecule has 3 heteroatoms. The summed E-state index contributed by atoms with van der Waals surface area (Å²) in [4.78, 5) is 0. The molecule has 1 aliphatic carbocycles. The Hall–Kier alpha value is -0.180. The molecule has 0 amide bonds. The van der Waals surface area contributed by atoms with E-state index in [0.29, 0.717) is 5.84 Å². The van der Waals surface area contributed by atoms with Gasteiger partial charge in [0.25, 0.3) is 0 Å². The van der Waals surface area contributed by atoms with E-state index in [9.17, 15) is 0 Å².